The average Bonchev–Trinajstić information content (AvgIpc) is 2.81. The van der Waals surface area contributed by atoms with Gasteiger partial charge >= 0.3 is 5.97 Å². The van der Waals surface area contributed by atoms with Crippen molar-refractivity contribution in [3.05, 3.63) is 65.2 Å². The molecule has 1 aliphatic heterocycles. The Morgan fingerprint density at radius 3 is 2.48 bits per heavy atom. The van der Waals surface area contributed by atoms with Gasteiger partial charge in [-0.25, -0.2) is 0 Å². The Balaban J connectivity index is 1.90. The van der Waals surface area contributed by atoms with Gasteiger partial charge in [0.25, 0.3) is 5.91 Å². The molecule has 3 rings (SSSR count). The standard InChI is InChI=1S/C18H17NO4/c1-12(20)23-18-16-6-4-3-5-15(16)17(21)19(18)11-13-7-9-14(22-2)10-8-13/h3-10,18H,11H2,1-2H3. The lowest BCUT2D eigenvalue weighted by atomic mass is 10.1. The van der Waals surface area contributed by atoms with Gasteiger partial charge in [-0.2, -0.15) is 0 Å². The topological polar surface area (TPSA) is 55.8 Å². The number of carbonyl (C=O) groups excluding carboxylic acids is 2. The largest absolute Gasteiger partial charge is 0.497 e. The fraction of sp³-hybridized carbons (Fsp3) is 0.222. The molecule has 1 aliphatic rings. The fourth-order valence-corrected chi connectivity index (χ4v) is 2.70. The highest BCUT2D eigenvalue weighted by Gasteiger charge is 2.38. The first-order valence-electron chi connectivity index (χ1n) is 7.30. The number of nitrogens with zero attached hydrogens (tertiary/aromatic N) is 1. The Morgan fingerprint density at radius 2 is 1.83 bits per heavy atom. The lowest BCUT2D eigenvalue weighted by molar-refractivity contribution is -0.154. The van der Waals surface area contributed by atoms with Crippen LogP contribution in [0.4, 0.5) is 0 Å². The van der Waals surface area contributed by atoms with Crippen LogP contribution >= 0.6 is 0 Å². The van der Waals surface area contributed by atoms with Crippen LogP contribution in [-0.4, -0.2) is 23.9 Å². The Morgan fingerprint density at radius 1 is 1.13 bits per heavy atom. The highest BCUT2D eigenvalue weighted by atomic mass is 16.6. The van der Waals surface area contributed by atoms with Crippen molar-refractivity contribution in [2.45, 2.75) is 19.7 Å². The second-order valence-electron chi connectivity index (χ2n) is 5.33. The number of benzene rings is 2. The number of rotatable bonds is 4. The number of hydrogen-bond acceptors (Lipinski definition) is 4. The monoisotopic (exact) mass is 311 g/mol. The van der Waals surface area contributed by atoms with Gasteiger partial charge in [0.2, 0.25) is 6.23 Å². The van der Waals surface area contributed by atoms with Crippen LogP contribution in [0.5, 0.6) is 5.75 Å². The summed E-state index contributed by atoms with van der Waals surface area (Å²) in [4.78, 5) is 25.6. The van der Waals surface area contributed by atoms with E-state index in [-0.39, 0.29) is 5.91 Å². The summed E-state index contributed by atoms with van der Waals surface area (Å²) in [5.74, 6) is 0.197. The molecule has 118 valence electrons. The molecule has 5 nitrogen and oxygen atoms in total. The maximum Gasteiger partial charge on any atom is 0.304 e. The summed E-state index contributed by atoms with van der Waals surface area (Å²) < 4.78 is 10.5. The highest BCUT2D eigenvalue weighted by molar-refractivity contribution is 5.99. The smallest absolute Gasteiger partial charge is 0.304 e. The summed E-state index contributed by atoms with van der Waals surface area (Å²) in [6, 6.07) is 14.7. The van der Waals surface area contributed by atoms with Gasteiger partial charge in [-0.15, -0.1) is 0 Å². The first kappa shape index (κ1) is 15.1. The third-order valence-electron chi connectivity index (χ3n) is 3.79. The zero-order chi connectivity index (χ0) is 16.4. The van der Waals surface area contributed by atoms with Crippen LogP contribution in [-0.2, 0) is 16.1 Å². The minimum absolute atomic E-state index is 0.136. The molecule has 1 amide bonds. The van der Waals surface area contributed by atoms with Crippen molar-refractivity contribution < 1.29 is 19.1 Å². The molecule has 1 heterocycles. The van der Waals surface area contributed by atoms with E-state index in [2.05, 4.69) is 0 Å². The van der Waals surface area contributed by atoms with Gasteiger partial charge in [-0.3, -0.25) is 14.5 Å². The minimum Gasteiger partial charge on any atom is -0.497 e. The summed E-state index contributed by atoms with van der Waals surface area (Å²) in [6.45, 7) is 1.70. The molecule has 2 aromatic carbocycles. The number of esters is 1. The lowest BCUT2D eigenvalue weighted by Crippen LogP contribution is -2.30. The van der Waals surface area contributed by atoms with Crippen molar-refractivity contribution in [2.24, 2.45) is 0 Å². The molecule has 0 aliphatic carbocycles. The molecule has 1 atom stereocenters. The van der Waals surface area contributed by atoms with Crippen molar-refractivity contribution in [3.8, 4) is 5.75 Å². The van der Waals surface area contributed by atoms with Crippen LogP contribution in [0.1, 0.15) is 34.6 Å². The zero-order valence-electron chi connectivity index (χ0n) is 13.0. The molecule has 23 heavy (non-hydrogen) atoms. The zero-order valence-corrected chi connectivity index (χ0v) is 13.0. The van der Waals surface area contributed by atoms with Gasteiger partial charge in [0.05, 0.1) is 7.11 Å². The summed E-state index contributed by atoms with van der Waals surface area (Å²) in [5.41, 5.74) is 2.23. The van der Waals surface area contributed by atoms with E-state index in [9.17, 15) is 9.59 Å². The Bertz CT molecular complexity index is 739. The van der Waals surface area contributed by atoms with E-state index < -0.39 is 12.2 Å². The Hall–Kier alpha value is -2.82. The van der Waals surface area contributed by atoms with E-state index in [1.807, 2.05) is 36.4 Å². The number of amides is 1. The van der Waals surface area contributed by atoms with E-state index in [0.29, 0.717) is 12.1 Å². The molecule has 0 bridgehead atoms. The third kappa shape index (κ3) is 2.90. The van der Waals surface area contributed by atoms with Gasteiger partial charge in [0.1, 0.15) is 5.75 Å². The van der Waals surface area contributed by atoms with Gasteiger partial charge < -0.3 is 9.47 Å². The number of methoxy groups -OCH3 is 1. The van der Waals surface area contributed by atoms with Crippen LogP contribution in [0.3, 0.4) is 0 Å². The SMILES string of the molecule is COc1ccc(CN2C(=O)c3ccccc3C2OC(C)=O)cc1. The van der Waals surface area contributed by atoms with Crippen molar-refractivity contribution in [1.82, 2.24) is 4.90 Å². The molecule has 0 radical (unpaired) electrons. The lowest BCUT2D eigenvalue weighted by Gasteiger charge is -2.24. The van der Waals surface area contributed by atoms with E-state index in [0.717, 1.165) is 16.9 Å². The van der Waals surface area contributed by atoms with Gasteiger partial charge in [0.15, 0.2) is 0 Å². The molecule has 1 unspecified atom stereocenters. The summed E-state index contributed by atoms with van der Waals surface area (Å²) in [7, 11) is 1.60. The highest BCUT2D eigenvalue weighted by Crippen LogP contribution is 2.35. The average molecular weight is 311 g/mol. The van der Waals surface area contributed by atoms with Gasteiger partial charge in [-0.05, 0) is 23.8 Å². The quantitative estimate of drug-likeness (QED) is 0.815. The predicted octanol–water partition coefficient (Wildman–Crippen LogP) is 2.91. The molecular weight excluding hydrogens is 294 g/mol. The van der Waals surface area contributed by atoms with Crippen LogP contribution in [0, 0.1) is 0 Å². The maximum absolute atomic E-state index is 12.6. The van der Waals surface area contributed by atoms with E-state index >= 15 is 0 Å². The molecule has 0 spiro atoms. The van der Waals surface area contributed by atoms with E-state index in [1.54, 1.807) is 24.1 Å². The maximum atomic E-state index is 12.6. The molecule has 0 fully saturated rings. The Kier molecular flexibility index (Phi) is 4.02. The second-order valence-corrected chi connectivity index (χ2v) is 5.33. The van der Waals surface area contributed by atoms with Crippen molar-refractivity contribution in [3.63, 3.8) is 0 Å². The van der Waals surface area contributed by atoms with Crippen molar-refractivity contribution >= 4 is 11.9 Å². The van der Waals surface area contributed by atoms with E-state index in [1.165, 1.54) is 6.92 Å². The fourth-order valence-electron chi connectivity index (χ4n) is 2.70. The molecule has 5 heteroatoms. The van der Waals surface area contributed by atoms with Crippen molar-refractivity contribution in [1.29, 1.82) is 0 Å². The number of ether oxygens (including phenoxy) is 2. The number of carbonyl (C=O) groups is 2. The third-order valence-corrected chi connectivity index (χ3v) is 3.79. The van der Waals surface area contributed by atoms with Gasteiger partial charge in [-0.1, -0.05) is 30.3 Å². The number of fused-ring (bicyclic) bond motifs is 1. The first-order chi connectivity index (χ1) is 11.1. The summed E-state index contributed by atoms with van der Waals surface area (Å²) >= 11 is 0. The molecule has 0 aromatic heterocycles. The first-order valence-corrected chi connectivity index (χ1v) is 7.30. The van der Waals surface area contributed by atoms with Crippen LogP contribution in [0.15, 0.2) is 48.5 Å². The normalized spacial score (nSPS) is 16.2. The molecule has 0 saturated heterocycles. The molecule has 0 N–H and O–H groups in total. The van der Waals surface area contributed by atoms with Crippen LogP contribution in [0.2, 0.25) is 0 Å². The number of hydrogen-bond donors (Lipinski definition) is 0. The molecular formula is C18H17NO4. The minimum atomic E-state index is -0.682. The predicted molar refractivity (Wildman–Crippen MR) is 83.8 cm³/mol. The molecule has 2 aromatic rings. The molecule has 0 saturated carbocycles. The van der Waals surface area contributed by atoms with Crippen LogP contribution < -0.4 is 4.74 Å². The Labute approximate surface area is 134 Å². The summed E-state index contributed by atoms with van der Waals surface area (Å²) in [5, 5.41) is 0. The van der Waals surface area contributed by atoms with Crippen LogP contribution in [0.25, 0.3) is 0 Å². The van der Waals surface area contributed by atoms with E-state index in [4.69, 9.17) is 9.47 Å². The second kappa shape index (κ2) is 6.12. The van der Waals surface area contributed by atoms with Gasteiger partial charge in [0, 0.05) is 24.6 Å². The van der Waals surface area contributed by atoms with Crippen molar-refractivity contribution in [2.75, 3.05) is 7.11 Å². The summed E-state index contributed by atoms with van der Waals surface area (Å²) in [6.07, 6.45) is -0.682.